The van der Waals surface area contributed by atoms with Crippen LogP contribution in [0.5, 0.6) is 0 Å². The van der Waals surface area contributed by atoms with Crippen LogP contribution in [0.25, 0.3) is 0 Å². The lowest BCUT2D eigenvalue weighted by Gasteiger charge is -2.06. The number of hydrogen-bond donors (Lipinski definition) is 1. The van der Waals surface area contributed by atoms with E-state index in [0.717, 1.165) is 22.6 Å². The molecule has 0 aliphatic heterocycles. The maximum absolute atomic E-state index is 12.1. The third kappa shape index (κ3) is 5.21. The van der Waals surface area contributed by atoms with Crippen molar-refractivity contribution in [3.05, 3.63) is 23.8 Å². The second-order valence-electron chi connectivity index (χ2n) is 4.86. The molecule has 0 aromatic heterocycles. The van der Waals surface area contributed by atoms with Crippen LogP contribution in [0.15, 0.2) is 23.1 Å². The number of nitrogen functional groups attached to an aromatic ring is 1. The SMILES string of the molecule is CCCCCCCCS(=O)c1ccc(C)cc1N. The Morgan fingerprint density at radius 1 is 1.11 bits per heavy atom. The van der Waals surface area contributed by atoms with Crippen LogP contribution in [0, 0.1) is 6.92 Å². The molecule has 1 rings (SSSR count). The van der Waals surface area contributed by atoms with Gasteiger partial charge in [0, 0.05) is 11.4 Å². The van der Waals surface area contributed by atoms with Crippen LogP contribution in [0.2, 0.25) is 0 Å². The highest BCUT2D eigenvalue weighted by molar-refractivity contribution is 7.85. The summed E-state index contributed by atoms with van der Waals surface area (Å²) in [7, 11) is -0.935. The molecule has 1 atom stereocenters. The third-order valence-corrected chi connectivity index (χ3v) is 4.62. The minimum Gasteiger partial charge on any atom is -0.398 e. The van der Waals surface area contributed by atoms with Crippen molar-refractivity contribution in [3.63, 3.8) is 0 Å². The molecule has 102 valence electrons. The van der Waals surface area contributed by atoms with Crippen molar-refractivity contribution < 1.29 is 4.21 Å². The summed E-state index contributed by atoms with van der Waals surface area (Å²) < 4.78 is 12.1. The highest BCUT2D eigenvalue weighted by Crippen LogP contribution is 2.19. The van der Waals surface area contributed by atoms with Crippen molar-refractivity contribution in [1.82, 2.24) is 0 Å². The summed E-state index contributed by atoms with van der Waals surface area (Å²) >= 11 is 0. The standard InChI is InChI=1S/C15H25NOS/c1-3-4-5-6-7-8-11-18(17)15-10-9-13(2)12-14(15)16/h9-10,12H,3-8,11,16H2,1-2H3. The minimum absolute atomic E-state index is 0.666. The first-order chi connectivity index (χ1) is 8.65. The monoisotopic (exact) mass is 267 g/mol. The average Bonchev–Trinajstić information content (AvgIpc) is 2.33. The number of rotatable bonds is 8. The molecular formula is C15H25NOS. The highest BCUT2D eigenvalue weighted by atomic mass is 32.2. The average molecular weight is 267 g/mol. The summed E-state index contributed by atoms with van der Waals surface area (Å²) in [6, 6.07) is 5.77. The van der Waals surface area contributed by atoms with E-state index in [2.05, 4.69) is 6.92 Å². The molecule has 0 radical (unpaired) electrons. The van der Waals surface area contributed by atoms with E-state index in [4.69, 9.17) is 5.73 Å². The van der Waals surface area contributed by atoms with Crippen LogP contribution < -0.4 is 5.73 Å². The molecule has 0 saturated carbocycles. The molecule has 0 fully saturated rings. The van der Waals surface area contributed by atoms with Gasteiger partial charge in [-0.15, -0.1) is 0 Å². The second-order valence-corrected chi connectivity index (χ2v) is 6.40. The van der Waals surface area contributed by atoms with Crippen molar-refractivity contribution in [1.29, 1.82) is 0 Å². The van der Waals surface area contributed by atoms with Crippen LogP contribution in [-0.4, -0.2) is 9.96 Å². The van der Waals surface area contributed by atoms with E-state index in [1.807, 2.05) is 25.1 Å². The fourth-order valence-corrected chi connectivity index (χ4v) is 3.23. The quantitative estimate of drug-likeness (QED) is 0.570. The largest absolute Gasteiger partial charge is 0.398 e. The van der Waals surface area contributed by atoms with E-state index in [0.29, 0.717) is 5.69 Å². The number of hydrogen-bond acceptors (Lipinski definition) is 2. The number of nitrogens with two attached hydrogens (primary N) is 1. The van der Waals surface area contributed by atoms with Gasteiger partial charge in [0.25, 0.3) is 0 Å². The lowest BCUT2D eigenvalue weighted by molar-refractivity contribution is 0.622. The van der Waals surface area contributed by atoms with Crippen molar-refractivity contribution in [2.24, 2.45) is 0 Å². The van der Waals surface area contributed by atoms with E-state index in [9.17, 15) is 4.21 Å². The van der Waals surface area contributed by atoms with Gasteiger partial charge in [0.1, 0.15) is 0 Å². The fourth-order valence-electron chi connectivity index (χ4n) is 2.00. The molecule has 2 N–H and O–H groups in total. The van der Waals surface area contributed by atoms with E-state index >= 15 is 0 Å². The Kier molecular flexibility index (Phi) is 7.02. The van der Waals surface area contributed by atoms with Gasteiger partial charge >= 0.3 is 0 Å². The smallest absolute Gasteiger partial charge is 0.0617 e. The van der Waals surface area contributed by atoms with Gasteiger partial charge in [-0.05, 0) is 31.0 Å². The number of anilines is 1. The lowest BCUT2D eigenvalue weighted by atomic mass is 10.1. The zero-order valence-corrected chi connectivity index (χ0v) is 12.4. The topological polar surface area (TPSA) is 43.1 Å². The fraction of sp³-hybridized carbons (Fsp3) is 0.600. The first-order valence-corrected chi connectivity index (χ1v) is 8.21. The van der Waals surface area contributed by atoms with Gasteiger partial charge in [-0.1, -0.05) is 45.1 Å². The lowest BCUT2D eigenvalue weighted by Crippen LogP contribution is -2.02. The summed E-state index contributed by atoms with van der Waals surface area (Å²) in [6.45, 7) is 4.21. The first-order valence-electron chi connectivity index (χ1n) is 6.89. The molecule has 0 aliphatic rings. The molecule has 1 aromatic rings. The molecule has 0 spiro atoms. The van der Waals surface area contributed by atoms with Crippen molar-refractivity contribution in [2.75, 3.05) is 11.5 Å². The molecule has 0 saturated heterocycles. The van der Waals surface area contributed by atoms with Gasteiger partial charge in [-0.25, -0.2) is 0 Å². The minimum atomic E-state index is -0.935. The maximum Gasteiger partial charge on any atom is 0.0617 e. The van der Waals surface area contributed by atoms with Gasteiger partial charge in [0.2, 0.25) is 0 Å². The van der Waals surface area contributed by atoms with Gasteiger partial charge in [0.15, 0.2) is 0 Å². The predicted octanol–water partition coefficient (Wildman–Crippen LogP) is 4.05. The van der Waals surface area contributed by atoms with Crippen molar-refractivity contribution in [2.45, 2.75) is 57.3 Å². The molecule has 0 aliphatic carbocycles. The van der Waals surface area contributed by atoms with Crippen LogP contribution >= 0.6 is 0 Å². The Labute approximate surface area is 113 Å². The molecule has 0 amide bonds. The molecule has 3 heteroatoms. The molecule has 1 aromatic carbocycles. The zero-order valence-electron chi connectivity index (χ0n) is 11.6. The normalized spacial score (nSPS) is 12.6. The highest BCUT2D eigenvalue weighted by Gasteiger charge is 2.07. The maximum atomic E-state index is 12.1. The molecule has 0 heterocycles. The van der Waals surface area contributed by atoms with Gasteiger partial charge < -0.3 is 5.73 Å². The van der Waals surface area contributed by atoms with Gasteiger partial charge in [0.05, 0.1) is 15.7 Å². The summed E-state index contributed by atoms with van der Waals surface area (Å²) in [6.07, 6.45) is 7.35. The Morgan fingerprint density at radius 3 is 2.44 bits per heavy atom. The van der Waals surface area contributed by atoms with Crippen molar-refractivity contribution >= 4 is 16.5 Å². The second kappa shape index (κ2) is 8.30. The Balaban J connectivity index is 2.32. The molecule has 18 heavy (non-hydrogen) atoms. The van der Waals surface area contributed by atoms with Gasteiger partial charge in [-0.3, -0.25) is 4.21 Å². The Hall–Kier alpha value is -0.830. The summed E-state index contributed by atoms with van der Waals surface area (Å²) in [4.78, 5) is 0.800. The molecular weight excluding hydrogens is 242 g/mol. The van der Waals surface area contributed by atoms with Crippen LogP contribution in [-0.2, 0) is 10.8 Å². The summed E-state index contributed by atoms with van der Waals surface area (Å²) in [5.74, 6) is 0.736. The van der Waals surface area contributed by atoms with Gasteiger partial charge in [-0.2, -0.15) is 0 Å². The van der Waals surface area contributed by atoms with Crippen LogP contribution in [0.3, 0.4) is 0 Å². The van der Waals surface area contributed by atoms with E-state index in [1.54, 1.807) is 0 Å². The van der Waals surface area contributed by atoms with E-state index in [-0.39, 0.29) is 0 Å². The van der Waals surface area contributed by atoms with Crippen LogP contribution in [0.1, 0.15) is 51.0 Å². The summed E-state index contributed by atoms with van der Waals surface area (Å²) in [5.41, 5.74) is 7.68. The van der Waals surface area contributed by atoms with E-state index < -0.39 is 10.8 Å². The first kappa shape index (κ1) is 15.2. The zero-order chi connectivity index (χ0) is 13.4. The number of aryl methyl sites for hydroxylation is 1. The molecule has 1 unspecified atom stereocenters. The number of unbranched alkanes of at least 4 members (excludes halogenated alkanes) is 5. The number of benzene rings is 1. The van der Waals surface area contributed by atoms with E-state index in [1.165, 1.54) is 32.1 Å². The molecule has 2 nitrogen and oxygen atoms in total. The van der Waals surface area contributed by atoms with Crippen molar-refractivity contribution in [3.8, 4) is 0 Å². The molecule has 0 bridgehead atoms. The predicted molar refractivity (Wildman–Crippen MR) is 80.2 cm³/mol. The Bertz CT molecular complexity index is 390. The van der Waals surface area contributed by atoms with Crippen LogP contribution in [0.4, 0.5) is 5.69 Å². The third-order valence-electron chi connectivity index (χ3n) is 3.09. The summed E-state index contributed by atoms with van der Waals surface area (Å²) in [5, 5.41) is 0. The Morgan fingerprint density at radius 2 is 1.78 bits per heavy atom.